The van der Waals surface area contributed by atoms with E-state index in [9.17, 15) is 18.5 Å². The van der Waals surface area contributed by atoms with E-state index < -0.39 is 14.9 Å². The van der Waals surface area contributed by atoms with Gasteiger partial charge in [0, 0.05) is 35.2 Å². The Morgan fingerprint density at radius 3 is 2.64 bits per heavy atom. The summed E-state index contributed by atoms with van der Waals surface area (Å²) < 4.78 is 26.9. The van der Waals surface area contributed by atoms with Crippen LogP contribution in [-0.2, 0) is 10.0 Å². The molecule has 1 heterocycles. The molecule has 1 saturated heterocycles. The third-order valence-electron chi connectivity index (χ3n) is 3.55. The standard InChI is InChI=1S/C12H16BrN3O4S.ClH/c1-8-11(13)5-10(6-12(8)16(17)18)21(19,20)15-4-2-3-9(14)7-15;/h5-6,9H,2-4,7,14H2,1H3;1H. The van der Waals surface area contributed by atoms with Crippen molar-refractivity contribution in [1.82, 2.24) is 4.31 Å². The van der Waals surface area contributed by atoms with E-state index in [1.807, 2.05) is 0 Å². The fourth-order valence-electron chi connectivity index (χ4n) is 2.32. The predicted octanol–water partition coefficient (Wildman–Crippen LogP) is 2.20. The van der Waals surface area contributed by atoms with Crippen molar-refractivity contribution in [3.8, 4) is 0 Å². The van der Waals surface area contributed by atoms with Crippen molar-refractivity contribution >= 4 is 44.0 Å². The van der Waals surface area contributed by atoms with Gasteiger partial charge in [0.05, 0.1) is 9.82 Å². The molecule has 7 nitrogen and oxygen atoms in total. The van der Waals surface area contributed by atoms with Crippen LogP contribution in [0.1, 0.15) is 18.4 Å². The maximum Gasteiger partial charge on any atom is 0.274 e. The molecule has 2 rings (SSSR count). The largest absolute Gasteiger partial charge is 0.327 e. The van der Waals surface area contributed by atoms with E-state index in [1.54, 1.807) is 6.92 Å². The summed E-state index contributed by atoms with van der Waals surface area (Å²) in [5.74, 6) is 0. The molecular weight excluding hydrogens is 398 g/mol. The minimum atomic E-state index is -3.77. The molecule has 22 heavy (non-hydrogen) atoms. The van der Waals surface area contributed by atoms with Crippen molar-refractivity contribution in [2.45, 2.75) is 30.7 Å². The Morgan fingerprint density at radius 2 is 2.09 bits per heavy atom. The van der Waals surface area contributed by atoms with Crippen molar-refractivity contribution in [3.63, 3.8) is 0 Å². The van der Waals surface area contributed by atoms with Crippen LogP contribution in [0.15, 0.2) is 21.5 Å². The van der Waals surface area contributed by atoms with Crippen molar-refractivity contribution in [2.75, 3.05) is 13.1 Å². The first-order chi connectivity index (χ1) is 9.73. The topological polar surface area (TPSA) is 107 Å². The number of hydrogen-bond donors (Lipinski definition) is 1. The maximum absolute atomic E-state index is 12.6. The highest BCUT2D eigenvalue weighted by atomic mass is 79.9. The summed E-state index contributed by atoms with van der Waals surface area (Å²) in [5, 5.41) is 11.0. The summed E-state index contributed by atoms with van der Waals surface area (Å²) in [6, 6.07) is 2.31. The molecule has 10 heteroatoms. The highest BCUT2D eigenvalue weighted by Crippen LogP contribution is 2.31. The van der Waals surface area contributed by atoms with Gasteiger partial charge in [0.25, 0.3) is 5.69 Å². The predicted molar refractivity (Wildman–Crippen MR) is 88.7 cm³/mol. The Labute approximate surface area is 143 Å². The monoisotopic (exact) mass is 413 g/mol. The van der Waals surface area contributed by atoms with Crippen LogP contribution in [0.25, 0.3) is 0 Å². The number of nitro benzene ring substituents is 1. The summed E-state index contributed by atoms with van der Waals surface area (Å²) in [4.78, 5) is 10.4. The van der Waals surface area contributed by atoms with E-state index in [0.29, 0.717) is 23.0 Å². The Bertz CT molecular complexity index is 683. The van der Waals surface area contributed by atoms with Gasteiger partial charge in [0.2, 0.25) is 10.0 Å². The fourth-order valence-corrected chi connectivity index (χ4v) is 4.50. The Balaban J connectivity index is 0.00000242. The van der Waals surface area contributed by atoms with Gasteiger partial charge in [-0.2, -0.15) is 4.31 Å². The second-order valence-corrected chi connectivity index (χ2v) is 7.86. The molecule has 1 unspecified atom stereocenters. The Hall–Kier alpha value is -0.740. The third kappa shape index (κ3) is 3.77. The maximum atomic E-state index is 12.6. The number of nitrogens with two attached hydrogens (primary N) is 1. The molecule has 1 aromatic rings. The molecule has 0 radical (unpaired) electrons. The minimum Gasteiger partial charge on any atom is -0.327 e. The van der Waals surface area contributed by atoms with Gasteiger partial charge in [0.1, 0.15) is 0 Å². The molecule has 1 atom stereocenters. The first-order valence-electron chi connectivity index (χ1n) is 6.43. The van der Waals surface area contributed by atoms with E-state index in [-0.39, 0.29) is 35.6 Å². The van der Waals surface area contributed by atoms with E-state index in [1.165, 1.54) is 10.4 Å². The van der Waals surface area contributed by atoms with Gasteiger partial charge in [-0.15, -0.1) is 12.4 Å². The summed E-state index contributed by atoms with van der Waals surface area (Å²) in [7, 11) is -3.77. The van der Waals surface area contributed by atoms with Crippen LogP contribution < -0.4 is 5.73 Å². The lowest BCUT2D eigenvalue weighted by Crippen LogP contribution is -2.45. The highest BCUT2D eigenvalue weighted by molar-refractivity contribution is 9.10. The van der Waals surface area contributed by atoms with Gasteiger partial charge < -0.3 is 5.73 Å². The van der Waals surface area contributed by atoms with E-state index in [4.69, 9.17) is 5.73 Å². The number of rotatable bonds is 3. The van der Waals surface area contributed by atoms with Crippen molar-refractivity contribution in [2.24, 2.45) is 5.73 Å². The molecule has 0 amide bonds. The number of hydrogen-bond acceptors (Lipinski definition) is 5. The lowest BCUT2D eigenvalue weighted by molar-refractivity contribution is -0.385. The zero-order valence-corrected chi connectivity index (χ0v) is 15.1. The number of benzene rings is 1. The molecule has 0 aliphatic carbocycles. The van der Waals surface area contributed by atoms with E-state index in [2.05, 4.69) is 15.9 Å². The Kier molecular flexibility index (Phi) is 6.34. The SMILES string of the molecule is Cc1c(Br)cc(S(=O)(=O)N2CCCC(N)C2)cc1[N+](=O)[O-].Cl. The second kappa shape index (κ2) is 7.22. The molecule has 0 saturated carbocycles. The normalized spacial score (nSPS) is 19.5. The smallest absolute Gasteiger partial charge is 0.274 e. The van der Waals surface area contributed by atoms with Gasteiger partial charge in [-0.3, -0.25) is 10.1 Å². The van der Waals surface area contributed by atoms with Crippen LogP contribution in [0.2, 0.25) is 0 Å². The van der Waals surface area contributed by atoms with Gasteiger partial charge >= 0.3 is 0 Å². The highest BCUT2D eigenvalue weighted by Gasteiger charge is 2.31. The molecule has 124 valence electrons. The van der Waals surface area contributed by atoms with Crippen molar-refractivity contribution in [3.05, 3.63) is 32.3 Å². The van der Waals surface area contributed by atoms with Crippen LogP contribution in [-0.4, -0.2) is 36.8 Å². The second-order valence-electron chi connectivity index (χ2n) is 5.07. The zero-order chi connectivity index (χ0) is 15.8. The summed E-state index contributed by atoms with van der Waals surface area (Å²) in [5.41, 5.74) is 5.99. The van der Waals surface area contributed by atoms with Crippen molar-refractivity contribution < 1.29 is 13.3 Å². The lowest BCUT2D eigenvalue weighted by Gasteiger charge is -2.29. The summed E-state index contributed by atoms with van der Waals surface area (Å²) in [6.07, 6.45) is 1.47. The van der Waals surface area contributed by atoms with Crippen LogP contribution in [0.5, 0.6) is 0 Å². The number of halogens is 2. The molecular formula is C12H17BrClN3O4S. The third-order valence-corrected chi connectivity index (χ3v) is 6.21. The van der Waals surface area contributed by atoms with Gasteiger partial charge in [0.15, 0.2) is 0 Å². The average molecular weight is 415 g/mol. The number of sulfonamides is 1. The molecule has 0 spiro atoms. The molecule has 0 aromatic heterocycles. The average Bonchev–Trinajstić information content (AvgIpc) is 2.41. The first-order valence-corrected chi connectivity index (χ1v) is 8.67. The van der Waals surface area contributed by atoms with Crippen LogP contribution in [0.4, 0.5) is 5.69 Å². The van der Waals surface area contributed by atoms with Crippen LogP contribution >= 0.6 is 28.3 Å². The van der Waals surface area contributed by atoms with Gasteiger partial charge in [-0.05, 0) is 25.8 Å². The minimum absolute atomic E-state index is 0. The fraction of sp³-hybridized carbons (Fsp3) is 0.500. The van der Waals surface area contributed by atoms with Gasteiger partial charge in [-0.1, -0.05) is 15.9 Å². The van der Waals surface area contributed by atoms with E-state index >= 15 is 0 Å². The van der Waals surface area contributed by atoms with E-state index in [0.717, 1.165) is 12.5 Å². The van der Waals surface area contributed by atoms with Crippen LogP contribution in [0, 0.1) is 17.0 Å². The number of nitrogens with zero attached hydrogens (tertiary/aromatic N) is 2. The summed E-state index contributed by atoms with van der Waals surface area (Å²) in [6.45, 7) is 2.19. The molecule has 0 bridgehead atoms. The molecule has 1 aromatic carbocycles. The van der Waals surface area contributed by atoms with Crippen LogP contribution in [0.3, 0.4) is 0 Å². The molecule has 1 fully saturated rings. The van der Waals surface area contributed by atoms with Gasteiger partial charge in [-0.25, -0.2) is 8.42 Å². The number of nitro groups is 1. The van der Waals surface area contributed by atoms with Crippen molar-refractivity contribution in [1.29, 1.82) is 0 Å². The molecule has 1 aliphatic rings. The molecule has 1 aliphatic heterocycles. The summed E-state index contributed by atoms with van der Waals surface area (Å²) >= 11 is 3.18. The number of piperidine rings is 1. The Morgan fingerprint density at radius 1 is 1.45 bits per heavy atom. The quantitative estimate of drug-likeness (QED) is 0.603. The lowest BCUT2D eigenvalue weighted by atomic mass is 10.1. The zero-order valence-electron chi connectivity index (χ0n) is 11.9. The molecule has 2 N–H and O–H groups in total. The first kappa shape index (κ1) is 19.3.